The normalized spacial score (nSPS) is 24.6. The average Bonchev–Trinajstić information content (AvgIpc) is 2.56. The SMILES string of the molecule is CCO[C@@H]1COCC[C@H]1NC(=O)c1ccc2c(c1)CCCC2. The van der Waals surface area contributed by atoms with Crippen molar-refractivity contribution in [1.29, 1.82) is 0 Å². The Labute approximate surface area is 132 Å². The number of fused-ring (bicyclic) bond motifs is 1. The van der Waals surface area contributed by atoms with E-state index in [1.165, 1.54) is 24.0 Å². The summed E-state index contributed by atoms with van der Waals surface area (Å²) in [5.41, 5.74) is 3.51. The number of hydrogen-bond donors (Lipinski definition) is 1. The van der Waals surface area contributed by atoms with Gasteiger partial charge in [0.15, 0.2) is 0 Å². The summed E-state index contributed by atoms with van der Waals surface area (Å²) in [5, 5.41) is 3.13. The first kappa shape index (κ1) is 15.5. The van der Waals surface area contributed by atoms with E-state index in [0.29, 0.717) is 19.8 Å². The zero-order chi connectivity index (χ0) is 15.4. The summed E-state index contributed by atoms with van der Waals surface area (Å²) in [6.07, 6.45) is 5.49. The highest BCUT2D eigenvalue weighted by Gasteiger charge is 2.28. The Morgan fingerprint density at radius 2 is 2.14 bits per heavy atom. The maximum Gasteiger partial charge on any atom is 0.251 e. The minimum absolute atomic E-state index is 0.00461. The Kier molecular flexibility index (Phi) is 5.11. The summed E-state index contributed by atoms with van der Waals surface area (Å²) in [5.74, 6) is 0.00461. The Morgan fingerprint density at radius 3 is 2.95 bits per heavy atom. The number of aryl methyl sites for hydroxylation is 2. The van der Waals surface area contributed by atoms with Gasteiger partial charge in [0.2, 0.25) is 0 Å². The third-order valence-electron chi connectivity index (χ3n) is 4.61. The topological polar surface area (TPSA) is 47.6 Å². The van der Waals surface area contributed by atoms with Gasteiger partial charge in [-0.05, 0) is 62.3 Å². The summed E-state index contributed by atoms with van der Waals surface area (Å²) < 4.78 is 11.1. The van der Waals surface area contributed by atoms with Crippen LogP contribution in [-0.2, 0) is 22.3 Å². The van der Waals surface area contributed by atoms with Crippen molar-refractivity contribution < 1.29 is 14.3 Å². The largest absolute Gasteiger partial charge is 0.379 e. The zero-order valence-electron chi connectivity index (χ0n) is 13.3. The van der Waals surface area contributed by atoms with Gasteiger partial charge in [0.1, 0.15) is 6.10 Å². The fourth-order valence-electron chi connectivity index (χ4n) is 3.38. The van der Waals surface area contributed by atoms with E-state index in [0.717, 1.165) is 24.8 Å². The van der Waals surface area contributed by atoms with Gasteiger partial charge in [0.05, 0.1) is 12.6 Å². The monoisotopic (exact) mass is 303 g/mol. The highest BCUT2D eigenvalue weighted by atomic mass is 16.5. The van der Waals surface area contributed by atoms with Crippen molar-refractivity contribution in [3.63, 3.8) is 0 Å². The molecule has 0 bridgehead atoms. The minimum Gasteiger partial charge on any atom is -0.379 e. The number of benzene rings is 1. The lowest BCUT2D eigenvalue weighted by atomic mass is 9.90. The van der Waals surface area contributed by atoms with Crippen molar-refractivity contribution >= 4 is 5.91 Å². The van der Waals surface area contributed by atoms with Crippen LogP contribution in [-0.4, -0.2) is 37.9 Å². The van der Waals surface area contributed by atoms with Gasteiger partial charge in [-0.3, -0.25) is 4.79 Å². The predicted octanol–water partition coefficient (Wildman–Crippen LogP) is 2.49. The summed E-state index contributed by atoms with van der Waals surface area (Å²) in [4.78, 5) is 12.5. The molecule has 2 aliphatic rings. The smallest absolute Gasteiger partial charge is 0.251 e. The molecule has 1 aromatic carbocycles. The molecule has 3 rings (SSSR count). The Balaban J connectivity index is 1.68. The summed E-state index contributed by atoms with van der Waals surface area (Å²) >= 11 is 0. The van der Waals surface area contributed by atoms with Crippen molar-refractivity contribution in [2.45, 2.75) is 51.2 Å². The number of hydrogen-bond acceptors (Lipinski definition) is 3. The van der Waals surface area contributed by atoms with Gasteiger partial charge in [-0.2, -0.15) is 0 Å². The molecule has 1 aliphatic heterocycles. The minimum atomic E-state index is -0.0414. The van der Waals surface area contributed by atoms with Gasteiger partial charge in [0.25, 0.3) is 5.91 Å². The second kappa shape index (κ2) is 7.25. The van der Waals surface area contributed by atoms with E-state index >= 15 is 0 Å². The van der Waals surface area contributed by atoms with E-state index in [4.69, 9.17) is 9.47 Å². The predicted molar refractivity (Wildman–Crippen MR) is 85.2 cm³/mol. The fourth-order valence-corrected chi connectivity index (χ4v) is 3.38. The quantitative estimate of drug-likeness (QED) is 0.929. The summed E-state index contributed by atoms with van der Waals surface area (Å²) in [6, 6.07) is 6.18. The first-order valence-electron chi connectivity index (χ1n) is 8.40. The van der Waals surface area contributed by atoms with Crippen molar-refractivity contribution in [3.8, 4) is 0 Å². The molecule has 0 saturated carbocycles. The number of carbonyl (C=O) groups excluding carboxylic acids is 1. The van der Waals surface area contributed by atoms with Gasteiger partial charge in [0, 0.05) is 18.8 Å². The second-order valence-corrected chi connectivity index (χ2v) is 6.13. The van der Waals surface area contributed by atoms with E-state index in [-0.39, 0.29) is 18.1 Å². The van der Waals surface area contributed by atoms with Gasteiger partial charge in [-0.15, -0.1) is 0 Å². The van der Waals surface area contributed by atoms with Crippen LogP contribution in [0.4, 0.5) is 0 Å². The molecule has 1 N–H and O–H groups in total. The highest BCUT2D eigenvalue weighted by molar-refractivity contribution is 5.94. The number of nitrogens with one attached hydrogen (secondary N) is 1. The highest BCUT2D eigenvalue weighted by Crippen LogP contribution is 2.22. The lowest BCUT2D eigenvalue weighted by Gasteiger charge is -2.31. The van der Waals surface area contributed by atoms with Crippen LogP contribution in [0.1, 0.15) is 47.7 Å². The van der Waals surface area contributed by atoms with E-state index in [2.05, 4.69) is 17.4 Å². The number of ether oxygens (including phenoxy) is 2. The van der Waals surface area contributed by atoms with Crippen LogP contribution in [0.5, 0.6) is 0 Å². The number of amides is 1. The molecule has 1 heterocycles. The van der Waals surface area contributed by atoms with Crippen molar-refractivity contribution in [2.24, 2.45) is 0 Å². The molecule has 1 aromatic rings. The Morgan fingerprint density at radius 1 is 1.32 bits per heavy atom. The standard InChI is InChI=1S/C18H25NO3/c1-2-22-17-12-21-10-9-16(17)19-18(20)15-8-7-13-5-3-4-6-14(13)11-15/h7-8,11,16-17H,2-6,9-10,12H2,1H3,(H,19,20)/t16-,17-/m1/s1. The Bertz CT molecular complexity index is 527. The van der Waals surface area contributed by atoms with Gasteiger partial charge >= 0.3 is 0 Å². The molecule has 0 radical (unpaired) electrons. The third kappa shape index (κ3) is 3.50. The molecule has 22 heavy (non-hydrogen) atoms. The fraction of sp³-hybridized carbons (Fsp3) is 0.611. The molecule has 0 aromatic heterocycles. The van der Waals surface area contributed by atoms with Crippen molar-refractivity contribution in [1.82, 2.24) is 5.32 Å². The van der Waals surface area contributed by atoms with Gasteiger partial charge in [-0.25, -0.2) is 0 Å². The van der Waals surface area contributed by atoms with E-state index < -0.39 is 0 Å². The van der Waals surface area contributed by atoms with Crippen LogP contribution in [0.25, 0.3) is 0 Å². The molecule has 4 heteroatoms. The molecule has 0 spiro atoms. The maximum atomic E-state index is 12.5. The third-order valence-corrected chi connectivity index (χ3v) is 4.61. The summed E-state index contributed by atoms with van der Waals surface area (Å²) in [6.45, 7) is 3.85. The molecule has 0 unspecified atom stereocenters. The molecule has 1 fully saturated rings. The van der Waals surface area contributed by atoms with Gasteiger partial charge in [-0.1, -0.05) is 6.07 Å². The molecular formula is C18H25NO3. The van der Waals surface area contributed by atoms with Crippen LogP contribution >= 0.6 is 0 Å². The maximum absolute atomic E-state index is 12.5. The lowest BCUT2D eigenvalue weighted by molar-refractivity contribution is -0.0632. The molecule has 120 valence electrons. The first-order chi connectivity index (χ1) is 10.8. The summed E-state index contributed by atoms with van der Waals surface area (Å²) in [7, 11) is 0. The van der Waals surface area contributed by atoms with Crippen LogP contribution in [0.2, 0.25) is 0 Å². The van der Waals surface area contributed by atoms with Crippen LogP contribution in [0, 0.1) is 0 Å². The number of rotatable bonds is 4. The zero-order valence-corrected chi connectivity index (χ0v) is 13.3. The van der Waals surface area contributed by atoms with E-state index in [9.17, 15) is 4.79 Å². The van der Waals surface area contributed by atoms with E-state index in [1.54, 1.807) is 0 Å². The van der Waals surface area contributed by atoms with Crippen LogP contribution < -0.4 is 5.32 Å². The first-order valence-corrected chi connectivity index (χ1v) is 8.40. The number of carbonyl (C=O) groups is 1. The van der Waals surface area contributed by atoms with E-state index in [1.807, 2.05) is 13.0 Å². The second-order valence-electron chi connectivity index (χ2n) is 6.13. The van der Waals surface area contributed by atoms with Crippen LogP contribution in [0.3, 0.4) is 0 Å². The molecule has 1 saturated heterocycles. The Hall–Kier alpha value is -1.39. The molecular weight excluding hydrogens is 278 g/mol. The molecule has 2 atom stereocenters. The lowest BCUT2D eigenvalue weighted by Crippen LogP contribution is -2.50. The average molecular weight is 303 g/mol. The van der Waals surface area contributed by atoms with Crippen molar-refractivity contribution in [3.05, 3.63) is 34.9 Å². The molecule has 1 amide bonds. The molecule has 4 nitrogen and oxygen atoms in total. The van der Waals surface area contributed by atoms with Crippen molar-refractivity contribution in [2.75, 3.05) is 19.8 Å². The van der Waals surface area contributed by atoms with Gasteiger partial charge < -0.3 is 14.8 Å². The van der Waals surface area contributed by atoms with Crippen LogP contribution in [0.15, 0.2) is 18.2 Å². The molecule has 1 aliphatic carbocycles.